The van der Waals surface area contributed by atoms with Gasteiger partial charge >= 0.3 is 5.97 Å². The SMILES string of the molecule is CCC(NC(=O)c1ccc(C(=O)O)c(C)n1)c1ccc(OC)cc1. The normalized spacial score (nSPS) is 11.6. The Morgan fingerprint density at radius 1 is 1.21 bits per heavy atom. The maximum absolute atomic E-state index is 12.4. The maximum Gasteiger partial charge on any atom is 0.337 e. The van der Waals surface area contributed by atoms with Gasteiger partial charge in [-0.25, -0.2) is 9.78 Å². The second-order valence-electron chi connectivity index (χ2n) is 5.34. The Hall–Kier alpha value is -2.89. The zero-order valence-corrected chi connectivity index (χ0v) is 13.9. The third kappa shape index (κ3) is 3.90. The van der Waals surface area contributed by atoms with Gasteiger partial charge in [-0.2, -0.15) is 0 Å². The van der Waals surface area contributed by atoms with Crippen LogP contribution in [0, 0.1) is 6.92 Å². The first kappa shape index (κ1) is 17.5. The third-order valence-electron chi connectivity index (χ3n) is 3.78. The molecule has 1 atom stereocenters. The van der Waals surface area contributed by atoms with Crippen LogP contribution in [-0.4, -0.2) is 29.1 Å². The number of aryl methyl sites for hydroxylation is 1. The van der Waals surface area contributed by atoms with E-state index in [2.05, 4.69) is 10.3 Å². The predicted molar refractivity (Wildman–Crippen MR) is 89.4 cm³/mol. The molecule has 0 bridgehead atoms. The Balaban J connectivity index is 2.16. The van der Waals surface area contributed by atoms with Crippen molar-refractivity contribution in [3.05, 3.63) is 58.9 Å². The zero-order valence-electron chi connectivity index (χ0n) is 13.9. The van der Waals surface area contributed by atoms with Gasteiger partial charge in [0.15, 0.2) is 0 Å². The molecule has 0 radical (unpaired) electrons. The Morgan fingerprint density at radius 3 is 2.38 bits per heavy atom. The highest BCUT2D eigenvalue weighted by atomic mass is 16.5. The van der Waals surface area contributed by atoms with Crippen LogP contribution in [0.1, 0.15) is 51.5 Å². The van der Waals surface area contributed by atoms with Crippen LogP contribution in [-0.2, 0) is 0 Å². The fourth-order valence-electron chi connectivity index (χ4n) is 2.40. The second-order valence-corrected chi connectivity index (χ2v) is 5.34. The average molecular weight is 328 g/mol. The van der Waals surface area contributed by atoms with E-state index in [0.717, 1.165) is 11.3 Å². The molecule has 126 valence electrons. The molecule has 0 fully saturated rings. The molecule has 1 heterocycles. The van der Waals surface area contributed by atoms with Crippen molar-refractivity contribution in [3.63, 3.8) is 0 Å². The number of carboxylic acids is 1. The Bertz CT molecular complexity index is 741. The van der Waals surface area contributed by atoms with E-state index in [9.17, 15) is 9.59 Å². The van der Waals surface area contributed by atoms with Crippen molar-refractivity contribution in [1.29, 1.82) is 0 Å². The largest absolute Gasteiger partial charge is 0.497 e. The third-order valence-corrected chi connectivity index (χ3v) is 3.78. The first-order valence-electron chi connectivity index (χ1n) is 7.62. The quantitative estimate of drug-likeness (QED) is 0.851. The molecule has 0 aliphatic rings. The number of carbonyl (C=O) groups is 2. The van der Waals surface area contributed by atoms with E-state index in [1.807, 2.05) is 31.2 Å². The molecule has 6 heteroatoms. The summed E-state index contributed by atoms with van der Waals surface area (Å²) in [6, 6.07) is 10.1. The van der Waals surface area contributed by atoms with Crippen molar-refractivity contribution >= 4 is 11.9 Å². The first-order valence-corrected chi connectivity index (χ1v) is 7.62. The van der Waals surface area contributed by atoms with Gasteiger partial charge in [-0.3, -0.25) is 4.79 Å². The van der Waals surface area contributed by atoms with Crippen molar-refractivity contribution in [2.75, 3.05) is 7.11 Å². The van der Waals surface area contributed by atoms with Gasteiger partial charge in [0.05, 0.1) is 24.4 Å². The fraction of sp³-hybridized carbons (Fsp3) is 0.278. The van der Waals surface area contributed by atoms with Crippen molar-refractivity contribution < 1.29 is 19.4 Å². The standard InChI is InChI=1S/C18H20N2O4/c1-4-15(12-5-7-13(24-3)8-6-12)20-17(21)16-10-9-14(18(22)23)11(2)19-16/h5-10,15H,4H2,1-3H3,(H,20,21)(H,22,23). The summed E-state index contributed by atoms with van der Waals surface area (Å²) < 4.78 is 5.13. The van der Waals surface area contributed by atoms with E-state index in [1.54, 1.807) is 14.0 Å². The Morgan fingerprint density at radius 2 is 1.88 bits per heavy atom. The van der Waals surface area contributed by atoms with Crippen LogP contribution in [0.15, 0.2) is 36.4 Å². The van der Waals surface area contributed by atoms with Gasteiger partial charge < -0.3 is 15.2 Å². The zero-order chi connectivity index (χ0) is 17.7. The summed E-state index contributed by atoms with van der Waals surface area (Å²) in [5.74, 6) is -0.643. The van der Waals surface area contributed by atoms with Crippen molar-refractivity contribution in [1.82, 2.24) is 10.3 Å². The molecule has 2 aromatic rings. The van der Waals surface area contributed by atoms with E-state index in [0.29, 0.717) is 12.1 Å². The summed E-state index contributed by atoms with van der Waals surface area (Å²) in [7, 11) is 1.60. The first-order chi connectivity index (χ1) is 11.5. The number of amides is 1. The molecule has 24 heavy (non-hydrogen) atoms. The predicted octanol–water partition coefficient (Wildman–Crippen LogP) is 2.98. The monoisotopic (exact) mass is 328 g/mol. The highest BCUT2D eigenvalue weighted by molar-refractivity contribution is 5.94. The van der Waals surface area contributed by atoms with Crippen LogP contribution in [0.4, 0.5) is 0 Å². The summed E-state index contributed by atoms with van der Waals surface area (Å²) in [6.07, 6.45) is 0.713. The molecule has 0 spiro atoms. The van der Waals surface area contributed by atoms with Crippen LogP contribution >= 0.6 is 0 Å². The number of hydrogen-bond donors (Lipinski definition) is 2. The molecule has 0 aliphatic carbocycles. The van der Waals surface area contributed by atoms with E-state index in [4.69, 9.17) is 9.84 Å². The minimum absolute atomic E-state index is 0.0914. The number of hydrogen-bond acceptors (Lipinski definition) is 4. The van der Waals surface area contributed by atoms with Gasteiger partial charge in [0.2, 0.25) is 0 Å². The lowest BCUT2D eigenvalue weighted by molar-refractivity contribution is 0.0694. The molecular formula is C18H20N2O4. The number of aromatic carboxylic acids is 1. The average Bonchev–Trinajstić information content (AvgIpc) is 2.59. The topological polar surface area (TPSA) is 88.5 Å². The molecule has 1 aromatic heterocycles. The van der Waals surface area contributed by atoms with Gasteiger partial charge in [-0.05, 0) is 43.2 Å². The van der Waals surface area contributed by atoms with Crippen LogP contribution < -0.4 is 10.1 Å². The summed E-state index contributed by atoms with van der Waals surface area (Å²) in [4.78, 5) is 27.5. The van der Waals surface area contributed by atoms with Crippen molar-refractivity contribution in [3.8, 4) is 5.75 Å². The molecule has 0 saturated carbocycles. The molecular weight excluding hydrogens is 308 g/mol. The maximum atomic E-state index is 12.4. The summed E-state index contributed by atoms with van der Waals surface area (Å²) in [5, 5.41) is 11.9. The Labute approximate surface area is 140 Å². The van der Waals surface area contributed by atoms with E-state index < -0.39 is 5.97 Å². The van der Waals surface area contributed by atoms with Crippen molar-refractivity contribution in [2.24, 2.45) is 0 Å². The van der Waals surface area contributed by atoms with Crippen LogP contribution in [0.2, 0.25) is 0 Å². The van der Waals surface area contributed by atoms with Gasteiger partial charge in [0, 0.05) is 0 Å². The van der Waals surface area contributed by atoms with Gasteiger partial charge in [0.25, 0.3) is 5.91 Å². The number of ether oxygens (including phenoxy) is 1. The molecule has 1 unspecified atom stereocenters. The highest BCUT2D eigenvalue weighted by Gasteiger charge is 2.17. The van der Waals surface area contributed by atoms with Crippen LogP contribution in [0.25, 0.3) is 0 Å². The number of carbonyl (C=O) groups excluding carboxylic acids is 1. The van der Waals surface area contributed by atoms with E-state index >= 15 is 0 Å². The van der Waals surface area contributed by atoms with Crippen molar-refractivity contribution in [2.45, 2.75) is 26.3 Å². The summed E-state index contributed by atoms with van der Waals surface area (Å²) in [5.41, 5.74) is 1.57. The second kappa shape index (κ2) is 7.59. The lowest BCUT2D eigenvalue weighted by Gasteiger charge is -2.18. The molecule has 1 aromatic carbocycles. The van der Waals surface area contributed by atoms with Gasteiger partial charge in [-0.1, -0.05) is 19.1 Å². The summed E-state index contributed by atoms with van der Waals surface area (Å²) >= 11 is 0. The molecule has 2 rings (SSSR count). The number of carboxylic acid groups (broad SMARTS) is 1. The van der Waals surface area contributed by atoms with Gasteiger partial charge in [0.1, 0.15) is 11.4 Å². The van der Waals surface area contributed by atoms with Gasteiger partial charge in [-0.15, -0.1) is 0 Å². The molecule has 1 amide bonds. The number of nitrogens with one attached hydrogen (secondary N) is 1. The lowest BCUT2D eigenvalue weighted by atomic mass is 10.0. The molecule has 2 N–H and O–H groups in total. The molecule has 6 nitrogen and oxygen atoms in total. The number of aromatic nitrogens is 1. The lowest BCUT2D eigenvalue weighted by Crippen LogP contribution is -2.29. The highest BCUT2D eigenvalue weighted by Crippen LogP contribution is 2.20. The smallest absolute Gasteiger partial charge is 0.337 e. The van der Waals surface area contributed by atoms with E-state index in [1.165, 1.54) is 12.1 Å². The number of nitrogens with zero attached hydrogens (tertiary/aromatic N) is 1. The number of methoxy groups -OCH3 is 1. The number of pyridine rings is 1. The van der Waals surface area contributed by atoms with E-state index in [-0.39, 0.29) is 23.2 Å². The Kier molecular flexibility index (Phi) is 5.52. The molecule has 0 aliphatic heterocycles. The fourth-order valence-corrected chi connectivity index (χ4v) is 2.40. The number of rotatable bonds is 6. The summed E-state index contributed by atoms with van der Waals surface area (Å²) in [6.45, 7) is 3.54. The van der Waals surface area contributed by atoms with Crippen LogP contribution in [0.5, 0.6) is 5.75 Å². The van der Waals surface area contributed by atoms with Crippen LogP contribution in [0.3, 0.4) is 0 Å². The minimum atomic E-state index is -1.06. The minimum Gasteiger partial charge on any atom is -0.497 e. The number of benzene rings is 1. The molecule has 0 saturated heterocycles.